The number of aliphatic hydroxyl groups is 1. The van der Waals surface area contributed by atoms with Crippen molar-refractivity contribution >= 4 is 5.91 Å². The Balaban J connectivity index is 1.51. The Morgan fingerprint density at radius 3 is 2.19 bits per heavy atom. The van der Waals surface area contributed by atoms with Crippen LogP contribution in [0.1, 0.15) is 37.7 Å². The zero-order chi connectivity index (χ0) is 18.8. The number of carbonyl (C=O) groups is 1. The smallest absolute Gasteiger partial charge is 0.223 e. The van der Waals surface area contributed by atoms with Crippen LogP contribution in [0.3, 0.4) is 0 Å². The van der Waals surface area contributed by atoms with Crippen molar-refractivity contribution in [1.82, 2.24) is 4.90 Å². The first kappa shape index (κ1) is 17.2. The molecule has 6 rings (SSSR count). The number of likely N-dealkylation sites (tertiary alicyclic amines) is 1. The lowest BCUT2D eigenvalue weighted by Crippen LogP contribution is -2.61. The summed E-state index contributed by atoms with van der Waals surface area (Å²) >= 11 is 0. The summed E-state index contributed by atoms with van der Waals surface area (Å²) in [6, 6.07) is 9.32. The van der Waals surface area contributed by atoms with Crippen LogP contribution in [0.15, 0.2) is 24.3 Å². The molecule has 1 N–H and O–H groups in total. The van der Waals surface area contributed by atoms with Crippen molar-refractivity contribution in [3.05, 3.63) is 35.6 Å². The highest BCUT2D eigenvalue weighted by Gasteiger charge is 2.61. The summed E-state index contributed by atoms with van der Waals surface area (Å²) in [5, 5.41) is 19.2. The van der Waals surface area contributed by atoms with Gasteiger partial charge in [-0.05, 0) is 67.1 Å². The van der Waals surface area contributed by atoms with E-state index in [1.54, 1.807) is 4.90 Å². The van der Waals surface area contributed by atoms with Gasteiger partial charge in [-0.1, -0.05) is 12.1 Å². The van der Waals surface area contributed by atoms with Crippen molar-refractivity contribution in [2.45, 2.75) is 43.6 Å². The van der Waals surface area contributed by atoms with E-state index in [0.717, 1.165) is 31.2 Å². The molecule has 1 amide bonds. The minimum absolute atomic E-state index is 0.105. The van der Waals surface area contributed by atoms with Gasteiger partial charge >= 0.3 is 0 Å². The van der Waals surface area contributed by atoms with Crippen LogP contribution in [0, 0.1) is 46.7 Å². The molecule has 1 aromatic carbocycles. The molecule has 0 spiro atoms. The third-order valence-electron chi connectivity index (χ3n) is 8.01. The first-order valence-corrected chi connectivity index (χ1v) is 10.1. The fraction of sp³-hybridized carbons (Fsp3) is 0.636. The van der Waals surface area contributed by atoms with E-state index in [-0.39, 0.29) is 23.1 Å². The van der Waals surface area contributed by atoms with Crippen molar-refractivity contribution in [3.8, 4) is 6.07 Å². The monoisotopic (exact) mass is 368 g/mol. The number of amides is 1. The van der Waals surface area contributed by atoms with Gasteiger partial charge in [0.1, 0.15) is 5.82 Å². The Labute approximate surface area is 159 Å². The summed E-state index contributed by atoms with van der Waals surface area (Å²) in [6.45, 7) is 0.852. The predicted octanol–water partition coefficient (Wildman–Crippen LogP) is 2.86. The number of β-amino-alcohol motifs (C(OH)–C–C–N with tert-alkyl or cyclic N) is 1. The van der Waals surface area contributed by atoms with Gasteiger partial charge in [-0.2, -0.15) is 5.26 Å². The quantitative estimate of drug-likeness (QED) is 0.892. The average molecular weight is 368 g/mol. The van der Waals surface area contributed by atoms with Crippen molar-refractivity contribution < 1.29 is 14.3 Å². The van der Waals surface area contributed by atoms with Crippen molar-refractivity contribution in [1.29, 1.82) is 5.26 Å². The van der Waals surface area contributed by atoms with Gasteiger partial charge in [-0.25, -0.2) is 4.39 Å². The SMILES string of the molecule is N#CC1C2CC3CC1CC(C2)C3(CC(=O)N1CC(O)C1)c1ccc(F)cc1. The maximum absolute atomic E-state index is 13.6. The van der Waals surface area contributed by atoms with Crippen LogP contribution in [0.5, 0.6) is 0 Å². The molecule has 0 unspecified atom stereocenters. The first-order valence-electron chi connectivity index (χ1n) is 10.1. The van der Waals surface area contributed by atoms with Gasteiger partial charge in [0.15, 0.2) is 0 Å². The van der Waals surface area contributed by atoms with E-state index in [9.17, 15) is 19.6 Å². The molecular formula is C22H25FN2O2. The highest BCUT2D eigenvalue weighted by atomic mass is 19.1. The van der Waals surface area contributed by atoms with Crippen molar-refractivity contribution in [3.63, 3.8) is 0 Å². The zero-order valence-corrected chi connectivity index (χ0v) is 15.4. The molecule has 142 valence electrons. The average Bonchev–Trinajstić information content (AvgIpc) is 2.62. The Hall–Kier alpha value is -1.93. The second kappa shape index (κ2) is 6.04. The molecule has 1 aromatic rings. The highest BCUT2D eigenvalue weighted by Crippen LogP contribution is 2.65. The number of rotatable bonds is 3. The number of nitrogens with zero attached hydrogens (tertiary/aromatic N) is 2. The molecular weight excluding hydrogens is 343 g/mol. The molecule has 5 fully saturated rings. The molecule has 1 heterocycles. The number of halogens is 1. The Morgan fingerprint density at radius 2 is 1.70 bits per heavy atom. The third-order valence-corrected chi connectivity index (χ3v) is 8.01. The summed E-state index contributed by atoms with van der Waals surface area (Å²) in [5.41, 5.74) is 0.833. The Bertz CT molecular complexity index is 764. The second-order valence-corrected chi connectivity index (χ2v) is 9.19. The fourth-order valence-electron chi connectivity index (χ4n) is 6.85. The van der Waals surface area contributed by atoms with Crippen molar-refractivity contribution in [2.24, 2.45) is 29.6 Å². The maximum atomic E-state index is 13.6. The van der Waals surface area contributed by atoms with Gasteiger partial charge < -0.3 is 10.0 Å². The van der Waals surface area contributed by atoms with Crippen LogP contribution in [-0.4, -0.2) is 35.1 Å². The molecule has 4 nitrogen and oxygen atoms in total. The number of hydrogen-bond donors (Lipinski definition) is 1. The summed E-state index contributed by atoms with van der Waals surface area (Å²) in [5.74, 6) is 1.69. The van der Waals surface area contributed by atoms with Gasteiger partial charge in [-0.3, -0.25) is 4.79 Å². The molecule has 27 heavy (non-hydrogen) atoms. The predicted molar refractivity (Wildman–Crippen MR) is 96.8 cm³/mol. The molecule has 5 heteroatoms. The molecule has 1 saturated heterocycles. The Morgan fingerprint density at radius 1 is 1.15 bits per heavy atom. The lowest BCUT2D eigenvalue weighted by Gasteiger charge is -2.63. The van der Waals surface area contributed by atoms with Crippen molar-refractivity contribution in [2.75, 3.05) is 13.1 Å². The third kappa shape index (κ3) is 2.46. The van der Waals surface area contributed by atoms with E-state index in [0.29, 0.717) is 43.2 Å². The van der Waals surface area contributed by atoms with Crippen LogP contribution in [0.4, 0.5) is 4.39 Å². The minimum atomic E-state index is -0.398. The van der Waals surface area contributed by atoms with Crippen LogP contribution in [0.2, 0.25) is 0 Å². The van der Waals surface area contributed by atoms with Gasteiger partial charge in [-0.15, -0.1) is 0 Å². The summed E-state index contributed by atoms with van der Waals surface area (Å²) in [4.78, 5) is 14.8. The highest BCUT2D eigenvalue weighted by molar-refractivity contribution is 5.79. The maximum Gasteiger partial charge on any atom is 0.223 e. The number of hydrogen-bond acceptors (Lipinski definition) is 3. The number of carbonyl (C=O) groups excluding carboxylic acids is 1. The topological polar surface area (TPSA) is 64.3 Å². The number of aliphatic hydroxyl groups excluding tert-OH is 1. The summed E-state index contributed by atoms with van der Waals surface area (Å²) in [6.07, 6.45) is 4.04. The van der Waals surface area contributed by atoms with E-state index in [4.69, 9.17) is 0 Å². The van der Waals surface area contributed by atoms with Gasteiger partial charge in [0.05, 0.1) is 18.1 Å². The molecule has 4 aliphatic carbocycles. The number of benzene rings is 1. The van der Waals surface area contributed by atoms with E-state index in [2.05, 4.69) is 6.07 Å². The molecule has 4 saturated carbocycles. The van der Waals surface area contributed by atoms with E-state index in [1.807, 2.05) is 12.1 Å². The van der Waals surface area contributed by atoms with Crippen LogP contribution in [-0.2, 0) is 10.2 Å². The molecule has 0 radical (unpaired) electrons. The van der Waals surface area contributed by atoms with E-state index >= 15 is 0 Å². The lowest BCUT2D eigenvalue weighted by atomic mass is 9.41. The first-order chi connectivity index (χ1) is 13.0. The lowest BCUT2D eigenvalue weighted by molar-refractivity contribution is -0.150. The zero-order valence-electron chi connectivity index (χ0n) is 15.4. The fourth-order valence-corrected chi connectivity index (χ4v) is 6.85. The summed E-state index contributed by atoms with van der Waals surface area (Å²) < 4.78 is 13.6. The standard InChI is InChI=1S/C22H25FN2O2/c23-18-3-1-15(2-4-18)22(9-21(27)25-11-19(26)12-25)16-5-13-6-17(22)8-14(7-16)20(13)10-24/h1-4,13-14,16-17,19-20,26H,5-9,11-12H2. The number of nitriles is 1. The van der Waals surface area contributed by atoms with Gasteiger partial charge in [0.25, 0.3) is 0 Å². The normalized spacial score (nSPS) is 39.9. The van der Waals surface area contributed by atoms with Gasteiger partial charge in [0.2, 0.25) is 5.91 Å². The molecule has 0 aromatic heterocycles. The van der Waals surface area contributed by atoms with Crippen LogP contribution < -0.4 is 0 Å². The Kier molecular flexibility index (Phi) is 3.84. The second-order valence-electron chi connectivity index (χ2n) is 9.19. The molecule has 0 atom stereocenters. The molecule has 1 aliphatic heterocycles. The van der Waals surface area contributed by atoms with Crippen LogP contribution >= 0.6 is 0 Å². The van der Waals surface area contributed by atoms with Crippen LogP contribution in [0.25, 0.3) is 0 Å². The van der Waals surface area contributed by atoms with E-state index < -0.39 is 6.10 Å². The molecule has 4 bridgehead atoms. The largest absolute Gasteiger partial charge is 0.389 e. The summed E-state index contributed by atoms with van der Waals surface area (Å²) in [7, 11) is 0. The van der Waals surface area contributed by atoms with E-state index in [1.165, 1.54) is 12.1 Å². The van der Waals surface area contributed by atoms with Gasteiger partial charge in [0, 0.05) is 24.9 Å². The minimum Gasteiger partial charge on any atom is -0.389 e. The molecule has 5 aliphatic rings.